The van der Waals surface area contributed by atoms with Gasteiger partial charge in [0.25, 0.3) is 0 Å². The Bertz CT molecular complexity index is 532. The molecule has 18 heavy (non-hydrogen) atoms. The first-order chi connectivity index (χ1) is 8.70. The molecule has 2 rings (SSSR count). The van der Waals surface area contributed by atoms with Crippen LogP contribution in [0.5, 0.6) is 11.5 Å². The number of benzene rings is 2. The van der Waals surface area contributed by atoms with Gasteiger partial charge < -0.3 is 9.84 Å². The number of phenols is 1. The first kappa shape index (κ1) is 12.5. The molecule has 0 fully saturated rings. The zero-order chi connectivity index (χ0) is 13.0. The van der Waals surface area contributed by atoms with Gasteiger partial charge in [-0.3, -0.25) is 0 Å². The Morgan fingerprint density at radius 2 is 1.83 bits per heavy atom. The van der Waals surface area contributed by atoms with Crippen LogP contribution >= 0.6 is 0 Å². The standard InChI is InChI=1S/C16H18O2/c1-3-13-10-15(17)8-9-16(13)18-11-14-7-5-4-6-12(14)2/h4-10,17H,3,11H2,1-2H3. The SMILES string of the molecule is CCc1cc(O)ccc1OCc1ccccc1C. The highest BCUT2D eigenvalue weighted by atomic mass is 16.5. The summed E-state index contributed by atoms with van der Waals surface area (Å²) in [6.07, 6.45) is 0.845. The lowest BCUT2D eigenvalue weighted by Crippen LogP contribution is -1.99. The van der Waals surface area contributed by atoms with Gasteiger partial charge in [-0.15, -0.1) is 0 Å². The molecule has 2 aromatic rings. The van der Waals surface area contributed by atoms with Gasteiger partial charge in [0, 0.05) is 0 Å². The number of rotatable bonds is 4. The van der Waals surface area contributed by atoms with Crippen molar-refractivity contribution < 1.29 is 9.84 Å². The lowest BCUT2D eigenvalue weighted by atomic mass is 10.1. The van der Waals surface area contributed by atoms with E-state index in [1.54, 1.807) is 12.1 Å². The summed E-state index contributed by atoms with van der Waals surface area (Å²) in [5.74, 6) is 1.13. The van der Waals surface area contributed by atoms with Crippen LogP contribution in [0.3, 0.4) is 0 Å². The molecule has 2 nitrogen and oxygen atoms in total. The summed E-state index contributed by atoms with van der Waals surface area (Å²) in [5.41, 5.74) is 3.45. The average Bonchev–Trinajstić information content (AvgIpc) is 2.39. The smallest absolute Gasteiger partial charge is 0.123 e. The van der Waals surface area contributed by atoms with Crippen molar-refractivity contribution >= 4 is 0 Å². The van der Waals surface area contributed by atoms with E-state index in [1.807, 2.05) is 18.2 Å². The van der Waals surface area contributed by atoms with Crippen LogP contribution in [0.2, 0.25) is 0 Å². The summed E-state index contributed by atoms with van der Waals surface area (Å²) >= 11 is 0. The largest absolute Gasteiger partial charge is 0.508 e. The Balaban J connectivity index is 2.13. The topological polar surface area (TPSA) is 29.5 Å². The van der Waals surface area contributed by atoms with Crippen molar-refractivity contribution in [2.45, 2.75) is 26.9 Å². The van der Waals surface area contributed by atoms with Crippen molar-refractivity contribution in [3.63, 3.8) is 0 Å². The van der Waals surface area contributed by atoms with Crippen LogP contribution < -0.4 is 4.74 Å². The fourth-order valence-corrected chi connectivity index (χ4v) is 1.91. The highest BCUT2D eigenvalue weighted by molar-refractivity contribution is 5.40. The van der Waals surface area contributed by atoms with E-state index >= 15 is 0 Å². The summed E-state index contributed by atoms with van der Waals surface area (Å²) in [5, 5.41) is 9.44. The quantitative estimate of drug-likeness (QED) is 0.882. The third-order valence-electron chi connectivity index (χ3n) is 3.07. The molecule has 2 heteroatoms. The summed E-state index contributed by atoms with van der Waals surface area (Å²) in [4.78, 5) is 0. The molecule has 1 N–H and O–H groups in total. The molecule has 0 spiro atoms. The molecule has 0 aliphatic heterocycles. The highest BCUT2D eigenvalue weighted by Gasteiger charge is 2.04. The molecule has 0 unspecified atom stereocenters. The number of aryl methyl sites for hydroxylation is 2. The van der Waals surface area contributed by atoms with E-state index in [1.165, 1.54) is 11.1 Å². The Labute approximate surface area is 108 Å². The third kappa shape index (κ3) is 2.83. The summed E-state index contributed by atoms with van der Waals surface area (Å²) < 4.78 is 5.84. The third-order valence-corrected chi connectivity index (χ3v) is 3.07. The van der Waals surface area contributed by atoms with E-state index in [2.05, 4.69) is 26.0 Å². The average molecular weight is 242 g/mol. The van der Waals surface area contributed by atoms with Crippen LogP contribution in [0.4, 0.5) is 0 Å². The summed E-state index contributed by atoms with van der Waals surface area (Å²) in [6.45, 7) is 4.69. The second-order valence-corrected chi connectivity index (χ2v) is 4.36. The minimum Gasteiger partial charge on any atom is -0.508 e. The molecule has 0 atom stereocenters. The molecule has 0 aromatic heterocycles. The minimum atomic E-state index is 0.287. The van der Waals surface area contributed by atoms with Crippen LogP contribution in [-0.4, -0.2) is 5.11 Å². The monoisotopic (exact) mass is 242 g/mol. The number of hydrogen-bond acceptors (Lipinski definition) is 2. The zero-order valence-corrected chi connectivity index (χ0v) is 10.8. The van der Waals surface area contributed by atoms with Crippen LogP contribution in [-0.2, 0) is 13.0 Å². The van der Waals surface area contributed by atoms with Gasteiger partial charge in [0.05, 0.1) is 0 Å². The van der Waals surface area contributed by atoms with Gasteiger partial charge in [-0.25, -0.2) is 0 Å². The molecule has 0 heterocycles. The van der Waals surface area contributed by atoms with Crippen LogP contribution in [0.25, 0.3) is 0 Å². The van der Waals surface area contributed by atoms with E-state index in [9.17, 15) is 5.11 Å². The number of phenolic OH excluding ortho intramolecular Hbond substituents is 1. The molecular formula is C16H18O2. The summed E-state index contributed by atoms with van der Waals surface area (Å²) in [6, 6.07) is 13.4. The van der Waals surface area contributed by atoms with E-state index in [-0.39, 0.29) is 5.75 Å². The molecule has 0 bridgehead atoms. The predicted molar refractivity (Wildman–Crippen MR) is 73.0 cm³/mol. The molecular weight excluding hydrogens is 224 g/mol. The van der Waals surface area contributed by atoms with Gasteiger partial charge in [0.15, 0.2) is 0 Å². The number of ether oxygens (including phenoxy) is 1. The predicted octanol–water partition coefficient (Wildman–Crippen LogP) is 3.84. The van der Waals surface area contributed by atoms with E-state index < -0.39 is 0 Å². The van der Waals surface area contributed by atoms with Gasteiger partial charge in [0.2, 0.25) is 0 Å². The molecule has 94 valence electrons. The Kier molecular flexibility index (Phi) is 3.88. The van der Waals surface area contributed by atoms with E-state index in [0.29, 0.717) is 6.61 Å². The van der Waals surface area contributed by atoms with Gasteiger partial charge in [-0.1, -0.05) is 31.2 Å². The molecule has 2 aromatic carbocycles. The van der Waals surface area contributed by atoms with Crippen molar-refractivity contribution in [1.29, 1.82) is 0 Å². The first-order valence-electron chi connectivity index (χ1n) is 6.20. The molecule has 0 saturated heterocycles. The Hall–Kier alpha value is -1.96. The van der Waals surface area contributed by atoms with Crippen LogP contribution in [0.15, 0.2) is 42.5 Å². The molecule has 0 radical (unpaired) electrons. The van der Waals surface area contributed by atoms with Crippen molar-refractivity contribution in [2.24, 2.45) is 0 Å². The lowest BCUT2D eigenvalue weighted by molar-refractivity contribution is 0.301. The van der Waals surface area contributed by atoms with E-state index in [0.717, 1.165) is 17.7 Å². The van der Waals surface area contributed by atoms with Crippen molar-refractivity contribution in [3.8, 4) is 11.5 Å². The molecule has 0 saturated carbocycles. The van der Waals surface area contributed by atoms with E-state index in [4.69, 9.17) is 4.74 Å². The van der Waals surface area contributed by atoms with Gasteiger partial charge in [-0.2, -0.15) is 0 Å². The maximum atomic E-state index is 9.44. The fourth-order valence-electron chi connectivity index (χ4n) is 1.91. The summed E-state index contributed by atoms with van der Waals surface area (Å²) in [7, 11) is 0. The van der Waals surface area contributed by atoms with Crippen LogP contribution in [0.1, 0.15) is 23.6 Å². The van der Waals surface area contributed by atoms with Gasteiger partial charge >= 0.3 is 0 Å². The normalized spacial score (nSPS) is 10.3. The zero-order valence-electron chi connectivity index (χ0n) is 10.8. The van der Waals surface area contributed by atoms with Gasteiger partial charge in [-0.05, 0) is 48.2 Å². The molecule has 0 amide bonds. The highest BCUT2D eigenvalue weighted by Crippen LogP contribution is 2.25. The molecule has 0 aliphatic rings. The van der Waals surface area contributed by atoms with Crippen LogP contribution in [0, 0.1) is 6.92 Å². The van der Waals surface area contributed by atoms with Crippen molar-refractivity contribution in [2.75, 3.05) is 0 Å². The second kappa shape index (κ2) is 5.58. The number of hydrogen-bond donors (Lipinski definition) is 1. The van der Waals surface area contributed by atoms with Crippen molar-refractivity contribution in [3.05, 3.63) is 59.2 Å². The maximum absolute atomic E-state index is 9.44. The fraction of sp³-hybridized carbons (Fsp3) is 0.250. The Morgan fingerprint density at radius 1 is 1.06 bits per heavy atom. The first-order valence-corrected chi connectivity index (χ1v) is 6.20. The Morgan fingerprint density at radius 3 is 2.56 bits per heavy atom. The maximum Gasteiger partial charge on any atom is 0.123 e. The lowest BCUT2D eigenvalue weighted by Gasteiger charge is -2.12. The van der Waals surface area contributed by atoms with Gasteiger partial charge in [0.1, 0.15) is 18.1 Å². The molecule has 0 aliphatic carbocycles. The minimum absolute atomic E-state index is 0.287. The van der Waals surface area contributed by atoms with Crippen molar-refractivity contribution in [1.82, 2.24) is 0 Å². The number of aromatic hydroxyl groups is 1. The second-order valence-electron chi connectivity index (χ2n) is 4.36.